The number of ether oxygens (including phenoxy) is 2. The molecule has 1 atom stereocenters. The fraction of sp³-hybridized carbons (Fsp3) is 0.333. The van der Waals surface area contributed by atoms with E-state index in [4.69, 9.17) is 9.47 Å². The zero-order chi connectivity index (χ0) is 19.2. The van der Waals surface area contributed by atoms with Gasteiger partial charge in [-0.2, -0.15) is 0 Å². The van der Waals surface area contributed by atoms with Crippen LogP contribution >= 0.6 is 0 Å². The Bertz CT molecular complexity index is 794. The summed E-state index contributed by atoms with van der Waals surface area (Å²) < 4.78 is 11.4. The number of benzene rings is 2. The normalized spacial score (nSPS) is 17.4. The first-order valence-electron chi connectivity index (χ1n) is 8.48. The van der Waals surface area contributed by atoms with E-state index < -0.39 is 9.85 Å². The van der Waals surface area contributed by atoms with Crippen LogP contribution in [0.1, 0.15) is 11.7 Å². The van der Waals surface area contributed by atoms with Crippen molar-refractivity contribution in [1.29, 1.82) is 0 Å². The van der Waals surface area contributed by atoms with Crippen molar-refractivity contribution >= 4 is 11.4 Å². The summed E-state index contributed by atoms with van der Waals surface area (Å²) in [6.07, 6.45) is -0.140. The third kappa shape index (κ3) is 4.99. The maximum atomic E-state index is 10.7. The molecule has 2 aromatic carbocycles. The van der Waals surface area contributed by atoms with Gasteiger partial charge in [-0.15, -0.1) is 0 Å². The van der Waals surface area contributed by atoms with Crippen LogP contribution in [0, 0.1) is 20.2 Å². The summed E-state index contributed by atoms with van der Waals surface area (Å²) in [6, 6.07) is 12.4. The molecule has 1 aliphatic rings. The molecule has 1 fully saturated rings. The highest BCUT2D eigenvalue weighted by Crippen LogP contribution is 2.24. The lowest BCUT2D eigenvalue weighted by Gasteiger charge is -2.33. The van der Waals surface area contributed by atoms with Crippen LogP contribution in [0.2, 0.25) is 0 Å². The van der Waals surface area contributed by atoms with Gasteiger partial charge in [0.1, 0.15) is 12.4 Å². The second-order valence-corrected chi connectivity index (χ2v) is 6.11. The minimum absolute atomic E-state index is 0.0291. The van der Waals surface area contributed by atoms with Crippen LogP contribution in [0.15, 0.2) is 48.5 Å². The molecule has 9 nitrogen and oxygen atoms in total. The summed E-state index contributed by atoms with van der Waals surface area (Å²) in [6.45, 7) is 3.14. The van der Waals surface area contributed by atoms with Crippen molar-refractivity contribution in [3.63, 3.8) is 0 Å². The fourth-order valence-corrected chi connectivity index (χ4v) is 2.87. The standard InChI is InChI=1S/C18H19N3O6/c22-20(23)15-3-1-14(2-4-15)18-13-19(10-12-27-18)9-11-26-17-7-5-16(6-8-17)21(24)25/h1-8,18H,9-13H2. The summed E-state index contributed by atoms with van der Waals surface area (Å²) in [5, 5.41) is 21.4. The molecule has 0 N–H and O–H groups in total. The van der Waals surface area contributed by atoms with Gasteiger partial charge in [0, 0.05) is 43.9 Å². The van der Waals surface area contributed by atoms with Gasteiger partial charge in [0.15, 0.2) is 0 Å². The summed E-state index contributed by atoms with van der Waals surface area (Å²) >= 11 is 0. The highest BCUT2D eigenvalue weighted by atomic mass is 16.6. The molecule has 2 aromatic rings. The predicted octanol–water partition coefficient (Wildman–Crippen LogP) is 2.96. The molecule has 1 saturated heterocycles. The monoisotopic (exact) mass is 373 g/mol. The van der Waals surface area contributed by atoms with E-state index in [-0.39, 0.29) is 17.5 Å². The third-order valence-electron chi connectivity index (χ3n) is 4.35. The molecule has 0 bridgehead atoms. The number of nitrogens with zero attached hydrogens (tertiary/aromatic N) is 3. The van der Waals surface area contributed by atoms with E-state index in [2.05, 4.69) is 4.90 Å². The van der Waals surface area contributed by atoms with Crippen molar-refractivity contribution in [2.45, 2.75) is 6.10 Å². The number of hydrogen-bond acceptors (Lipinski definition) is 7. The Labute approximate surface area is 155 Å². The molecular weight excluding hydrogens is 354 g/mol. The van der Waals surface area contributed by atoms with Crippen LogP contribution < -0.4 is 4.74 Å². The van der Waals surface area contributed by atoms with Crippen molar-refractivity contribution in [2.24, 2.45) is 0 Å². The third-order valence-corrected chi connectivity index (χ3v) is 4.35. The summed E-state index contributed by atoms with van der Waals surface area (Å²) in [7, 11) is 0. The maximum Gasteiger partial charge on any atom is 0.269 e. The second-order valence-electron chi connectivity index (χ2n) is 6.11. The predicted molar refractivity (Wildman–Crippen MR) is 96.8 cm³/mol. The fourth-order valence-electron chi connectivity index (χ4n) is 2.87. The Morgan fingerprint density at radius 3 is 2.19 bits per heavy atom. The van der Waals surface area contributed by atoms with E-state index in [1.165, 1.54) is 24.3 Å². The van der Waals surface area contributed by atoms with Crippen molar-refractivity contribution < 1.29 is 19.3 Å². The lowest BCUT2D eigenvalue weighted by molar-refractivity contribution is -0.385. The van der Waals surface area contributed by atoms with Gasteiger partial charge in [0.05, 0.1) is 22.6 Å². The largest absolute Gasteiger partial charge is 0.492 e. The molecule has 1 heterocycles. The molecule has 1 aliphatic heterocycles. The number of nitro benzene ring substituents is 2. The van der Waals surface area contributed by atoms with Gasteiger partial charge >= 0.3 is 0 Å². The first-order chi connectivity index (χ1) is 13.0. The lowest BCUT2D eigenvalue weighted by Crippen LogP contribution is -2.40. The molecule has 27 heavy (non-hydrogen) atoms. The minimum atomic E-state index is -0.449. The van der Waals surface area contributed by atoms with Crippen molar-refractivity contribution in [3.05, 3.63) is 74.3 Å². The molecule has 0 aromatic heterocycles. The average Bonchev–Trinajstić information content (AvgIpc) is 2.69. The molecule has 0 spiro atoms. The van der Waals surface area contributed by atoms with Crippen LogP contribution in [0.5, 0.6) is 5.75 Å². The van der Waals surface area contributed by atoms with Crippen LogP contribution in [-0.4, -0.2) is 47.6 Å². The SMILES string of the molecule is O=[N+]([O-])c1ccc(OCCN2CCOC(c3ccc([N+](=O)[O-])cc3)C2)cc1. The molecule has 0 saturated carbocycles. The highest BCUT2D eigenvalue weighted by Gasteiger charge is 2.22. The number of rotatable bonds is 7. The van der Waals surface area contributed by atoms with Gasteiger partial charge in [-0.1, -0.05) is 0 Å². The molecule has 3 rings (SSSR count). The summed E-state index contributed by atoms with van der Waals surface area (Å²) in [5.41, 5.74) is 0.992. The van der Waals surface area contributed by atoms with Crippen molar-refractivity contribution in [1.82, 2.24) is 4.90 Å². The zero-order valence-corrected chi connectivity index (χ0v) is 14.5. The Morgan fingerprint density at radius 1 is 1.00 bits per heavy atom. The Hall–Kier alpha value is -3.04. The number of hydrogen-bond donors (Lipinski definition) is 0. The van der Waals surface area contributed by atoms with Crippen LogP contribution in [0.4, 0.5) is 11.4 Å². The molecule has 142 valence electrons. The first-order valence-corrected chi connectivity index (χ1v) is 8.48. The Morgan fingerprint density at radius 2 is 1.59 bits per heavy atom. The van der Waals surface area contributed by atoms with Crippen molar-refractivity contribution in [2.75, 3.05) is 32.8 Å². The van der Waals surface area contributed by atoms with Gasteiger partial charge in [0.25, 0.3) is 11.4 Å². The minimum Gasteiger partial charge on any atom is -0.492 e. The van der Waals surface area contributed by atoms with Gasteiger partial charge < -0.3 is 9.47 Å². The number of non-ortho nitro benzene ring substituents is 2. The smallest absolute Gasteiger partial charge is 0.269 e. The van der Waals surface area contributed by atoms with E-state index in [1.807, 2.05) is 0 Å². The molecular formula is C18H19N3O6. The average molecular weight is 373 g/mol. The molecule has 0 radical (unpaired) electrons. The molecule has 0 aliphatic carbocycles. The number of morpholine rings is 1. The van der Waals surface area contributed by atoms with Gasteiger partial charge in [-0.25, -0.2) is 0 Å². The molecule has 0 amide bonds. The van der Waals surface area contributed by atoms with E-state index in [1.54, 1.807) is 24.3 Å². The van der Waals surface area contributed by atoms with E-state index in [0.29, 0.717) is 32.1 Å². The molecule has 1 unspecified atom stereocenters. The van der Waals surface area contributed by atoms with Gasteiger partial charge in [-0.3, -0.25) is 25.1 Å². The number of nitro groups is 2. The van der Waals surface area contributed by atoms with Crippen LogP contribution in [0.25, 0.3) is 0 Å². The zero-order valence-electron chi connectivity index (χ0n) is 14.5. The van der Waals surface area contributed by atoms with Gasteiger partial charge in [0.2, 0.25) is 0 Å². The van der Waals surface area contributed by atoms with Crippen molar-refractivity contribution in [3.8, 4) is 5.75 Å². The molecule has 9 heteroatoms. The van der Waals surface area contributed by atoms with Gasteiger partial charge in [-0.05, 0) is 29.8 Å². The Balaban J connectivity index is 1.49. The van der Waals surface area contributed by atoms with Crippen LogP contribution in [0.3, 0.4) is 0 Å². The second kappa shape index (κ2) is 8.56. The summed E-state index contributed by atoms with van der Waals surface area (Å²) in [5.74, 6) is 0.584. The van der Waals surface area contributed by atoms with E-state index >= 15 is 0 Å². The quantitative estimate of drug-likeness (QED) is 0.542. The Kier molecular flexibility index (Phi) is 5.94. The van der Waals surface area contributed by atoms with Crippen LogP contribution in [-0.2, 0) is 4.74 Å². The first kappa shape index (κ1) is 18.7. The summed E-state index contributed by atoms with van der Waals surface area (Å²) in [4.78, 5) is 22.7. The van der Waals surface area contributed by atoms with E-state index in [0.717, 1.165) is 12.1 Å². The van der Waals surface area contributed by atoms with E-state index in [9.17, 15) is 20.2 Å². The highest BCUT2D eigenvalue weighted by molar-refractivity contribution is 5.36. The topological polar surface area (TPSA) is 108 Å². The lowest BCUT2D eigenvalue weighted by atomic mass is 10.1. The maximum absolute atomic E-state index is 10.7.